The number of allylic oxidation sites excluding steroid dienone is 9. The number of carbonyl (C=O) groups is 1. The third-order valence-electron chi connectivity index (χ3n) is 14.0. The van der Waals surface area contributed by atoms with E-state index in [-0.39, 0.29) is 12.5 Å². The van der Waals surface area contributed by atoms with Crippen molar-refractivity contribution in [3.05, 3.63) is 60.8 Å². The van der Waals surface area contributed by atoms with Crippen molar-refractivity contribution in [1.29, 1.82) is 0 Å². The van der Waals surface area contributed by atoms with E-state index in [9.17, 15) is 15.0 Å². The molecule has 0 aromatic heterocycles. The Morgan fingerprint density at radius 3 is 0.941 bits per heavy atom. The fourth-order valence-electron chi connectivity index (χ4n) is 9.30. The first-order chi connectivity index (χ1) is 33.7. The monoisotopic (exact) mass is 950 g/mol. The normalized spacial score (nSPS) is 13.2. The van der Waals surface area contributed by atoms with Crippen LogP contribution in [-0.2, 0) is 4.79 Å². The van der Waals surface area contributed by atoms with Gasteiger partial charge in [0.05, 0.1) is 18.8 Å². The van der Waals surface area contributed by atoms with Gasteiger partial charge in [-0.1, -0.05) is 299 Å². The van der Waals surface area contributed by atoms with Gasteiger partial charge in [0.25, 0.3) is 0 Å². The van der Waals surface area contributed by atoms with Crippen LogP contribution in [0.1, 0.15) is 322 Å². The maximum Gasteiger partial charge on any atom is 0.220 e. The van der Waals surface area contributed by atoms with Crippen LogP contribution in [0.5, 0.6) is 0 Å². The number of aliphatic hydroxyl groups is 2. The fraction of sp³-hybridized carbons (Fsp3) is 0.828. The summed E-state index contributed by atoms with van der Waals surface area (Å²) in [5.74, 6) is -0.0737. The van der Waals surface area contributed by atoms with E-state index in [0.717, 1.165) is 44.9 Å². The summed E-state index contributed by atoms with van der Waals surface area (Å²) in [6.07, 6.45) is 84.2. The van der Waals surface area contributed by atoms with Crippen molar-refractivity contribution < 1.29 is 15.0 Å². The maximum absolute atomic E-state index is 12.5. The minimum atomic E-state index is -0.870. The lowest BCUT2D eigenvalue weighted by molar-refractivity contribution is -0.123. The second-order valence-corrected chi connectivity index (χ2v) is 20.7. The minimum absolute atomic E-state index is 0.0737. The molecule has 0 aromatic rings. The molecular weight excluding hydrogens is 831 g/mol. The van der Waals surface area contributed by atoms with Crippen molar-refractivity contribution in [3.63, 3.8) is 0 Å². The lowest BCUT2D eigenvalue weighted by Crippen LogP contribution is -2.45. The molecular formula is C64H119NO3. The van der Waals surface area contributed by atoms with Crippen LogP contribution >= 0.6 is 0 Å². The fourth-order valence-corrected chi connectivity index (χ4v) is 9.30. The number of aliphatic hydroxyl groups excluding tert-OH is 2. The van der Waals surface area contributed by atoms with Gasteiger partial charge in [0.1, 0.15) is 0 Å². The number of hydrogen-bond acceptors (Lipinski definition) is 3. The highest BCUT2D eigenvalue weighted by molar-refractivity contribution is 5.76. The average molecular weight is 951 g/mol. The molecule has 2 atom stereocenters. The predicted molar refractivity (Wildman–Crippen MR) is 304 cm³/mol. The van der Waals surface area contributed by atoms with Crippen molar-refractivity contribution in [1.82, 2.24) is 5.32 Å². The van der Waals surface area contributed by atoms with E-state index in [1.54, 1.807) is 6.08 Å². The smallest absolute Gasteiger partial charge is 0.220 e. The van der Waals surface area contributed by atoms with Crippen molar-refractivity contribution in [2.24, 2.45) is 0 Å². The van der Waals surface area contributed by atoms with Crippen molar-refractivity contribution in [2.45, 2.75) is 334 Å². The van der Waals surface area contributed by atoms with Gasteiger partial charge in [-0.15, -0.1) is 0 Å². The highest BCUT2D eigenvalue weighted by Gasteiger charge is 2.18. The molecule has 0 spiro atoms. The molecule has 0 saturated carbocycles. The van der Waals surface area contributed by atoms with Gasteiger partial charge >= 0.3 is 0 Å². The standard InChI is InChI=1S/C64H119NO3/c1-3-5-7-9-11-13-15-17-19-21-22-23-24-25-26-27-28-29-30-31-32-33-34-35-36-37-38-39-40-41-42-44-46-48-50-52-54-56-58-60-64(68)65-62(61-66)63(67)59-57-55-53-51-49-47-45-43-20-18-16-14-12-10-8-6-4-2/h15,17,20-22,43,49,51,57,59,62-63,66-67H,3-14,16,18-19,23-42,44-48,50,52-56,58,60-61H2,1-2H3,(H,65,68)/b17-15-,22-21-,43-20+,51-49+,59-57+. The maximum atomic E-state index is 12.5. The minimum Gasteiger partial charge on any atom is -0.394 e. The second kappa shape index (κ2) is 59.4. The molecule has 2 unspecified atom stereocenters. The number of rotatable bonds is 56. The SMILES string of the molecule is CCCCCCC/C=C\C/C=C\CCCCCCCCCCCCCCCCCCCCCCCCCCCCCC(=O)NC(CO)C(O)/C=C/CC/C=C/CC/C=C/CCCCCCCCC. The second-order valence-electron chi connectivity index (χ2n) is 20.7. The van der Waals surface area contributed by atoms with Crippen LogP contribution in [0, 0.1) is 0 Å². The molecule has 0 radical (unpaired) electrons. The molecule has 0 aliphatic heterocycles. The molecule has 68 heavy (non-hydrogen) atoms. The van der Waals surface area contributed by atoms with Gasteiger partial charge in [-0.2, -0.15) is 0 Å². The molecule has 4 nitrogen and oxygen atoms in total. The summed E-state index contributed by atoms with van der Waals surface area (Å²) in [5, 5.41) is 23.1. The Bertz CT molecular complexity index is 1120. The Balaban J connectivity index is 3.43. The number of nitrogens with one attached hydrogen (secondary N) is 1. The Morgan fingerprint density at radius 2 is 0.618 bits per heavy atom. The quantitative estimate of drug-likeness (QED) is 0.0420. The molecule has 0 aromatic carbocycles. The third-order valence-corrected chi connectivity index (χ3v) is 14.0. The molecule has 3 N–H and O–H groups in total. The third kappa shape index (κ3) is 55.0. The summed E-state index contributed by atoms with van der Waals surface area (Å²) in [5.41, 5.74) is 0. The lowest BCUT2D eigenvalue weighted by atomic mass is 10.0. The summed E-state index contributed by atoms with van der Waals surface area (Å²) in [7, 11) is 0. The van der Waals surface area contributed by atoms with Gasteiger partial charge in [0.2, 0.25) is 5.91 Å². The van der Waals surface area contributed by atoms with E-state index in [1.807, 2.05) is 6.08 Å². The topological polar surface area (TPSA) is 69.6 Å². The first kappa shape index (κ1) is 66.1. The Kier molecular flexibility index (Phi) is 57.7. The number of carbonyl (C=O) groups excluding carboxylic acids is 1. The molecule has 4 heteroatoms. The van der Waals surface area contributed by atoms with Crippen LogP contribution in [0.3, 0.4) is 0 Å². The molecule has 0 aliphatic carbocycles. The zero-order valence-electron chi connectivity index (χ0n) is 45.9. The Hall–Kier alpha value is -1.91. The van der Waals surface area contributed by atoms with Crippen LogP contribution in [0.2, 0.25) is 0 Å². The van der Waals surface area contributed by atoms with Gasteiger partial charge in [-0.05, 0) is 77.0 Å². The Morgan fingerprint density at radius 1 is 0.353 bits per heavy atom. The zero-order chi connectivity index (χ0) is 49.2. The molecule has 0 heterocycles. The molecule has 0 rings (SSSR count). The van der Waals surface area contributed by atoms with E-state index in [0.29, 0.717) is 6.42 Å². The summed E-state index contributed by atoms with van der Waals surface area (Å²) in [4.78, 5) is 12.5. The molecule has 398 valence electrons. The van der Waals surface area contributed by atoms with Crippen LogP contribution in [0.4, 0.5) is 0 Å². The van der Waals surface area contributed by atoms with E-state index in [4.69, 9.17) is 0 Å². The van der Waals surface area contributed by atoms with Crippen molar-refractivity contribution >= 4 is 5.91 Å². The first-order valence-electron chi connectivity index (χ1n) is 30.5. The first-order valence-corrected chi connectivity index (χ1v) is 30.5. The van der Waals surface area contributed by atoms with Crippen LogP contribution in [0.15, 0.2) is 60.8 Å². The largest absolute Gasteiger partial charge is 0.394 e. The van der Waals surface area contributed by atoms with Crippen molar-refractivity contribution in [3.8, 4) is 0 Å². The summed E-state index contributed by atoms with van der Waals surface area (Å²) in [6.45, 7) is 4.29. The van der Waals surface area contributed by atoms with Gasteiger partial charge in [-0.25, -0.2) is 0 Å². The highest BCUT2D eigenvalue weighted by atomic mass is 16.3. The van der Waals surface area contributed by atoms with E-state index < -0.39 is 12.1 Å². The number of unbranched alkanes of at least 4 members (excludes halogenated alkanes) is 41. The average Bonchev–Trinajstić information content (AvgIpc) is 3.34. The molecule has 1 amide bonds. The highest BCUT2D eigenvalue weighted by Crippen LogP contribution is 2.17. The van der Waals surface area contributed by atoms with E-state index >= 15 is 0 Å². The van der Waals surface area contributed by atoms with Gasteiger partial charge in [0.15, 0.2) is 0 Å². The van der Waals surface area contributed by atoms with E-state index in [2.05, 4.69) is 67.8 Å². The predicted octanol–water partition coefficient (Wildman–Crippen LogP) is 20.4. The van der Waals surface area contributed by atoms with Gasteiger partial charge in [-0.3, -0.25) is 4.79 Å². The molecule has 0 saturated heterocycles. The summed E-state index contributed by atoms with van der Waals surface area (Å²) >= 11 is 0. The lowest BCUT2D eigenvalue weighted by Gasteiger charge is -2.19. The van der Waals surface area contributed by atoms with Crippen molar-refractivity contribution in [2.75, 3.05) is 6.61 Å². The molecule has 0 fully saturated rings. The molecule has 0 aliphatic rings. The van der Waals surface area contributed by atoms with Crippen LogP contribution in [0.25, 0.3) is 0 Å². The zero-order valence-corrected chi connectivity index (χ0v) is 45.9. The molecule has 0 bridgehead atoms. The van der Waals surface area contributed by atoms with Crippen LogP contribution < -0.4 is 5.32 Å². The number of amides is 1. The Labute approximate surface area is 426 Å². The van der Waals surface area contributed by atoms with Crippen LogP contribution in [-0.4, -0.2) is 34.9 Å². The van der Waals surface area contributed by atoms with E-state index in [1.165, 1.54) is 257 Å². The number of hydrogen-bond donors (Lipinski definition) is 3. The van der Waals surface area contributed by atoms with Gasteiger partial charge in [0, 0.05) is 6.42 Å². The summed E-state index contributed by atoms with van der Waals surface area (Å²) < 4.78 is 0. The van der Waals surface area contributed by atoms with Gasteiger partial charge < -0.3 is 15.5 Å². The summed E-state index contributed by atoms with van der Waals surface area (Å²) in [6, 6.07) is -0.645.